The highest BCUT2D eigenvalue weighted by molar-refractivity contribution is 5.96. The molecule has 0 aliphatic carbocycles. The van der Waals surface area contributed by atoms with E-state index in [1.165, 1.54) is 12.4 Å². The molecule has 4 N–H and O–H groups in total. The largest absolute Gasteiger partial charge is 0.396 e. The number of hydrogen-bond donors (Lipinski definition) is 3. The van der Waals surface area contributed by atoms with Gasteiger partial charge < -0.3 is 16.2 Å². The topological polar surface area (TPSA) is 101 Å². The van der Waals surface area contributed by atoms with Gasteiger partial charge in [0.25, 0.3) is 5.91 Å². The average molecular weight is 210 g/mol. The van der Waals surface area contributed by atoms with Gasteiger partial charge in [-0.3, -0.25) is 4.79 Å². The van der Waals surface area contributed by atoms with Crippen molar-refractivity contribution in [1.29, 1.82) is 0 Å². The first-order valence-corrected chi connectivity index (χ1v) is 4.60. The number of nitrogens with zero attached hydrogens (tertiary/aromatic N) is 2. The lowest BCUT2D eigenvalue weighted by Gasteiger charge is -2.09. The van der Waals surface area contributed by atoms with E-state index in [4.69, 9.17) is 10.8 Å². The van der Waals surface area contributed by atoms with Crippen LogP contribution in [0.25, 0.3) is 0 Å². The van der Waals surface area contributed by atoms with Crippen molar-refractivity contribution in [3.8, 4) is 0 Å². The molecule has 0 spiro atoms. The van der Waals surface area contributed by atoms with Gasteiger partial charge in [-0.1, -0.05) is 6.92 Å². The standard InChI is InChI=1S/C9H14N4O2/c1-6(5-14)4-13-9(15)7-8(10)12-3-2-11-7/h2-3,6,14H,4-5H2,1H3,(H2,10,12)(H,13,15). The van der Waals surface area contributed by atoms with Crippen LogP contribution in [0.1, 0.15) is 17.4 Å². The van der Waals surface area contributed by atoms with E-state index in [0.29, 0.717) is 6.54 Å². The molecular weight excluding hydrogens is 196 g/mol. The number of carbonyl (C=O) groups excluding carboxylic acids is 1. The van der Waals surface area contributed by atoms with Crippen molar-refractivity contribution in [3.05, 3.63) is 18.1 Å². The predicted octanol–water partition coefficient (Wildman–Crippen LogP) is -0.583. The summed E-state index contributed by atoms with van der Waals surface area (Å²) in [5, 5.41) is 11.4. The third kappa shape index (κ3) is 3.17. The molecule has 0 radical (unpaired) electrons. The number of anilines is 1. The first-order valence-electron chi connectivity index (χ1n) is 4.60. The minimum absolute atomic E-state index is 0.00634. The van der Waals surface area contributed by atoms with Crippen molar-refractivity contribution in [1.82, 2.24) is 15.3 Å². The Kier molecular flexibility index (Phi) is 3.99. The van der Waals surface area contributed by atoms with Crippen LogP contribution < -0.4 is 11.1 Å². The van der Waals surface area contributed by atoms with E-state index in [-0.39, 0.29) is 29.9 Å². The van der Waals surface area contributed by atoms with Crippen LogP contribution in [0.3, 0.4) is 0 Å². The first-order chi connectivity index (χ1) is 7.15. The van der Waals surface area contributed by atoms with Gasteiger partial charge in [0.2, 0.25) is 0 Å². The average Bonchev–Trinajstić information content (AvgIpc) is 2.26. The summed E-state index contributed by atoms with van der Waals surface area (Å²) in [4.78, 5) is 19.1. The molecule has 6 heteroatoms. The molecule has 15 heavy (non-hydrogen) atoms. The van der Waals surface area contributed by atoms with Crippen LogP contribution in [0, 0.1) is 5.92 Å². The van der Waals surface area contributed by atoms with E-state index in [9.17, 15) is 4.79 Å². The second kappa shape index (κ2) is 5.26. The number of nitrogens with one attached hydrogen (secondary N) is 1. The van der Waals surface area contributed by atoms with Gasteiger partial charge in [-0.05, 0) is 5.92 Å². The lowest BCUT2D eigenvalue weighted by molar-refractivity contribution is 0.0938. The van der Waals surface area contributed by atoms with Crippen molar-refractivity contribution < 1.29 is 9.90 Å². The number of nitrogen functional groups attached to an aromatic ring is 1. The lowest BCUT2D eigenvalue weighted by Crippen LogP contribution is -2.30. The number of aliphatic hydroxyl groups is 1. The smallest absolute Gasteiger partial charge is 0.273 e. The lowest BCUT2D eigenvalue weighted by atomic mass is 10.2. The fourth-order valence-corrected chi connectivity index (χ4v) is 0.939. The highest BCUT2D eigenvalue weighted by Crippen LogP contribution is 2.02. The molecule has 0 saturated heterocycles. The molecule has 0 aliphatic heterocycles. The summed E-state index contributed by atoms with van der Waals surface area (Å²) in [6.07, 6.45) is 2.82. The fraction of sp³-hybridized carbons (Fsp3) is 0.444. The Balaban J connectivity index is 2.58. The summed E-state index contributed by atoms with van der Waals surface area (Å²) in [5.74, 6) is -0.264. The number of aromatic nitrogens is 2. The van der Waals surface area contributed by atoms with E-state index in [2.05, 4.69) is 15.3 Å². The van der Waals surface area contributed by atoms with Crippen LogP contribution in [-0.2, 0) is 0 Å². The number of hydrogen-bond acceptors (Lipinski definition) is 5. The third-order valence-corrected chi connectivity index (χ3v) is 1.86. The van der Waals surface area contributed by atoms with E-state index in [1.54, 1.807) is 0 Å². The molecule has 1 rings (SSSR count). The fourth-order valence-electron chi connectivity index (χ4n) is 0.939. The van der Waals surface area contributed by atoms with Gasteiger partial charge >= 0.3 is 0 Å². The van der Waals surface area contributed by atoms with E-state index >= 15 is 0 Å². The summed E-state index contributed by atoms with van der Waals surface area (Å²) >= 11 is 0. The summed E-state index contributed by atoms with van der Waals surface area (Å²) in [6, 6.07) is 0. The molecule has 6 nitrogen and oxygen atoms in total. The summed E-state index contributed by atoms with van der Waals surface area (Å²) in [7, 11) is 0. The van der Waals surface area contributed by atoms with E-state index in [1.807, 2.05) is 6.92 Å². The van der Waals surface area contributed by atoms with Crippen LogP contribution in [-0.4, -0.2) is 34.1 Å². The van der Waals surface area contributed by atoms with Crippen LogP contribution in [0.4, 0.5) is 5.82 Å². The highest BCUT2D eigenvalue weighted by atomic mass is 16.3. The normalized spacial score (nSPS) is 12.1. The first kappa shape index (κ1) is 11.4. The van der Waals surface area contributed by atoms with Crippen molar-refractivity contribution in [2.75, 3.05) is 18.9 Å². The van der Waals surface area contributed by atoms with Crippen molar-refractivity contribution in [3.63, 3.8) is 0 Å². The maximum atomic E-state index is 11.5. The molecule has 1 unspecified atom stereocenters. The zero-order chi connectivity index (χ0) is 11.3. The molecule has 1 aromatic heterocycles. The zero-order valence-corrected chi connectivity index (χ0v) is 8.47. The SMILES string of the molecule is CC(CO)CNC(=O)c1nccnc1N. The number of nitrogens with two attached hydrogens (primary N) is 1. The maximum Gasteiger partial charge on any atom is 0.273 e. The molecule has 1 atom stereocenters. The number of amides is 1. The van der Waals surface area contributed by atoms with Gasteiger partial charge in [0, 0.05) is 25.5 Å². The third-order valence-electron chi connectivity index (χ3n) is 1.86. The second-order valence-electron chi connectivity index (χ2n) is 3.29. The van der Waals surface area contributed by atoms with Crippen molar-refractivity contribution >= 4 is 11.7 Å². The second-order valence-corrected chi connectivity index (χ2v) is 3.29. The van der Waals surface area contributed by atoms with Crippen LogP contribution in [0.2, 0.25) is 0 Å². The Morgan fingerprint density at radius 2 is 2.27 bits per heavy atom. The molecule has 0 bridgehead atoms. The van der Waals surface area contributed by atoms with Gasteiger partial charge in [-0.25, -0.2) is 9.97 Å². The van der Waals surface area contributed by atoms with Crippen LogP contribution in [0.15, 0.2) is 12.4 Å². The quantitative estimate of drug-likeness (QED) is 0.617. The summed E-state index contributed by atoms with van der Waals surface area (Å²) in [5.41, 5.74) is 5.59. The number of aliphatic hydroxyl groups excluding tert-OH is 1. The summed E-state index contributed by atoms with van der Waals surface area (Å²) in [6.45, 7) is 2.22. The van der Waals surface area contributed by atoms with E-state index in [0.717, 1.165) is 0 Å². The Bertz CT molecular complexity index is 343. The maximum absolute atomic E-state index is 11.5. The van der Waals surface area contributed by atoms with Gasteiger partial charge in [0.15, 0.2) is 11.5 Å². The van der Waals surface area contributed by atoms with Gasteiger partial charge in [-0.15, -0.1) is 0 Å². The molecule has 0 aromatic carbocycles. The predicted molar refractivity (Wildman–Crippen MR) is 55.0 cm³/mol. The van der Waals surface area contributed by atoms with Crippen LogP contribution in [0.5, 0.6) is 0 Å². The Hall–Kier alpha value is -1.69. The molecule has 0 aliphatic rings. The summed E-state index contributed by atoms with van der Waals surface area (Å²) < 4.78 is 0. The minimum atomic E-state index is -0.374. The molecular formula is C9H14N4O2. The molecule has 82 valence electrons. The minimum Gasteiger partial charge on any atom is -0.396 e. The Morgan fingerprint density at radius 3 is 2.87 bits per heavy atom. The number of rotatable bonds is 4. The zero-order valence-electron chi connectivity index (χ0n) is 8.47. The van der Waals surface area contributed by atoms with Crippen molar-refractivity contribution in [2.24, 2.45) is 5.92 Å². The van der Waals surface area contributed by atoms with Gasteiger partial charge in [0.05, 0.1) is 0 Å². The molecule has 1 heterocycles. The van der Waals surface area contributed by atoms with Gasteiger partial charge in [0.1, 0.15) is 0 Å². The van der Waals surface area contributed by atoms with Crippen LogP contribution >= 0.6 is 0 Å². The molecule has 1 aromatic rings. The highest BCUT2D eigenvalue weighted by Gasteiger charge is 2.12. The molecule has 0 saturated carbocycles. The monoisotopic (exact) mass is 210 g/mol. The Morgan fingerprint density at radius 1 is 1.60 bits per heavy atom. The van der Waals surface area contributed by atoms with Gasteiger partial charge in [-0.2, -0.15) is 0 Å². The van der Waals surface area contributed by atoms with Crippen molar-refractivity contribution in [2.45, 2.75) is 6.92 Å². The number of carbonyl (C=O) groups is 1. The molecule has 1 amide bonds. The molecule has 0 fully saturated rings. The van der Waals surface area contributed by atoms with E-state index < -0.39 is 0 Å². The Labute approximate surface area is 87.5 Å².